The fourth-order valence-electron chi connectivity index (χ4n) is 2.39. The van der Waals surface area contributed by atoms with Crippen LogP contribution in [0.5, 0.6) is 0 Å². The third-order valence-electron chi connectivity index (χ3n) is 3.43. The SMILES string of the molecule is C=CCCC(=O)OOC(=O)C1(CC=C)C2=CC=C1C=C2. The van der Waals surface area contributed by atoms with Gasteiger partial charge in [0.1, 0.15) is 5.41 Å². The minimum atomic E-state index is -0.902. The highest BCUT2D eigenvalue weighted by atomic mass is 17.2. The van der Waals surface area contributed by atoms with Crippen LogP contribution >= 0.6 is 0 Å². The fourth-order valence-corrected chi connectivity index (χ4v) is 2.39. The third kappa shape index (κ3) is 2.25. The van der Waals surface area contributed by atoms with E-state index in [1.54, 1.807) is 12.2 Å². The Morgan fingerprint density at radius 2 is 1.75 bits per heavy atom. The van der Waals surface area contributed by atoms with Crippen LogP contribution in [0.3, 0.4) is 0 Å². The highest BCUT2D eigenvalue weighted by molar-refractivity contribution is 5.90. The average Bonchev–Trinajstić information content (AvgIpc) is 2.98. The zero-order valence-electron chi connectivity index (χ0n) is 11.1. The Kier molecular flexibility index (Phi) is 4.03. The van der Waals surface area contributed by atoms with Gasteiger partial charge in [0.2, 0.25) is 0 Å². The Labute approximate surface area is 117 Å². The summed E-state index contributed by atoms with van der Waals surface area (Å²) in [7, 11) is 0. The van der Waals surface area contributed by atoms with Crippen molar-refractivity contribution in [3.05, 3.63) is 60.8 Å². The van der Waals surface area contributed by atoms with Gasteiger partial charge in [0.25, 0.3) is 0 Å². The first kappa shape index (κ1) is 14.1. The molecule has 0 unspecified atom stereocenters. The molecule has 2 aliphatic rings. The van der Waals surface area contributed by atoms with Gasteiger partial charge in [-0.05, 0) is 24.0 Å². The zero-order valence-corrected chi connectivity index (χ0v) is 11.1. The average molecular weight is 272 g/mol. The maximum Gasteiger partial charge on any atom is 0.370 e. The van der Waals surface area contributed by atoms with Gasteiger partial charge >= 0.3 is 11.9 Å². The molecule has 0 N–H and O–H groups in total. The van der Waals surface area contributed by atoms with Crippen molar-refractivity contribution in [1.82, 2.24) is 0 Å². The molecule has 2 rings (SSSR count). The summed E-state index contributed by atoms with van der Waals surface area (Å²) >= 11 is 0. The van der Waals surface area contributed by atoms with Gasteiger partial charge in [0, 0.05) is 0 Å². The molecule has 0 aliphatic heterocycles. The highest BCUT2D eigenvalue weighted by Crippen LogP contribution is 2.50. The molecule has 4 heteroatoms. The van der Waals surface area contributed by atoms with Crippen LogP contribution < -0.4 is 0 Å². The van der Waals surface area contributed by atoms with E-state index in [1.807, 2.05) is 24.3 Å². The molecule has 20 heavy (non-hydrogen) atoms. The summed E-state index contributed by atoms with van der Waals surface area (Å²) in [5.41, 5.74) is 0.764. The maximum absolute atomic E-state index is 12.3. The smallest absolute Gasteiger partial charge is 0.247 e. The minimum absolute atomic E-state index is 0.134. The van der Waals surface area contributed by atoms with E-state index in [1.165, 1.54) is 0 Å². The monoisotopic (exact) mass is 272 g/mol. The van der Waals surface area contributed by atoms with Gasteiger partial charge in [-0.1, -0.05) is 36.5 Å². The summed E-state index contributed by atoms with van der Waals surface area (Å²) in [6, 6.07) is 0. The molecule has 104 valence electrons. The summed E-state index contributed by atoms with van der Waals surface area (Å²) in [5, 5.41) is 0. The molecule has 0 aromatic rings. The second kappa shape index (κ2) is 5.74. The van der Waals surface area contributed by atoms with Crippen molar-refractivity contribution in [2.24, 2.45) is 5.41 Å². The van der Waals surface area contributed by atoms with Crippen LogP contribution in [-0.2, 0) is 19.4 Å². The van der Waals surface area contributed by atoms with Crippen molar-refractivity contribution in [3.8, 4) is 0 Å². The molecule has 4 nitrogen and oxygen atoms in total. The van der Waals surface area contributed by atoms with Crippen LogP contribution in [0.1, 0.15) is 19.3 Å². The highest BCUT2D eigenvalue weighted by Gasteiger charge is 2.50. The van der Waals surface area contributed by atoms with Crippen molar-refractivity contribution in [2.75, 3.05) is 0 Å². The third-order valence-corrected chi connectivity index (χ3v) is 3.43. The molecule has 2 aliphatic carbocycles. The Bertz CT molecular complexity index is 527. The number of hydrogen-bond donors (Lipinski definition) is 0. The normalized spacial score (nSPS) is 17.2. The van der Waals surface area contributed by atoms with Gasteiger partial charge in [0.15, 0.2) is 0 Å². The summed E-state index contributed by atoms with van der Waals surface area (Å²) < 4.78 is 0. The van der Waals surface area contributed by atoms with Crippen molar-refractivity contribution >= 4 is 11.9 Å². The summed E-state index contributed by atoms with van der Waals surface area (Å²) in [6.07, 6.45) is 11.7. The van der Waals surface area contributed by atoms with Crippen LogP contribution in [0.15, 0.2) is 60.8 Å². The Hall–Kier alpha value is -2.36. The minimum Gasteiger partial charge on any atom is -0.247 e. The number of allylic oxidation sites excluding steroid dienone is 6. The van der Waals surface area contributed by atoms with E-state index in [0.29, 0.717) is 12.8 Å². The fraction of sp³-hybridized carbons (Fsp3) is 0.250. The van der Waals surface area contributed by atoms with Gasteiger partial charge in [0.05, 0.1) is 6.42 Å². The van der Waals surface area contributed by atoms with E-state index < -0.39 is 17.4 Å². The molecule has 0 spiro atoms. The molecule has 2 bridgehead atoms. The predicted octanol–water partition coefficient (Wildman–Crippen LogP) is 2.95. The number of hydrogen-bond acceptors (Lipinski definition) is 4. The molecule has 0 amide bonds. The molecular formula is C16H16O4. The lowest BCUT2D eigenvalue weighted by Gasteiger charge is -2.25. The maximum atomic E-state index is 12.3. The van der Waals surface area contributed by atoms with E-state index in [2.05, 4.69) is 18.0 Å². The Morgan fingerprint density at radius 1 is 1.10 bits per heavy atom. The van der Waals surface area contributed by atoms with Crippen LogP contribution in [0.2, 0.25) is 0 Å². The van der Waals surface area contributed by atoms with E-state index in [4.69, 9.17) is 4.89 Å². The topological polar surface area (TPSA) is 52.6 Å². The lowest BCUT2D eigenvalue weighted by Crippen LogP contribution is -2.32. The quantitative estimate of drug-likeness (QED) is 0.424. The number of carbonyl (C=O) groups excluding carboxylic acids is 2. The van der Waals surface area contributed by atoms with Crippen LogP contribution in [0.25, 0.3) is 0 Å². The van der Waals surface area contributed by atoms with Crippen molar-refractivity contribution < 1.29 is 19.4 Å². The predicted molar refractivity (Wildman–Crippen MR) is 74.2 cm³/mol. The lowest BCUT2D eigenvalue weighted by molar-refractivity contribution is -0.263. The van der Waals surface area contributed by atoms with E-state index in [0.717, 1.165) is 11.1 Å². The van der Waals surface area contributed by atoms with Gasteiger partial charge in [-0.25, -0.2) is 19.4 Å². The molecule has 0 fully saturated rings. The van der Waals surface area contributed by atoms with Crippen molar-refractivity contribution in [3.63, 3.8) is 0 Å². The molecule has 0 aromatic heterocycles. The molecule has 0 radical (unpaired) electrons. The number of rotatable bonds is 6. The first-order chi connectivity index (χ1) is 9.65. The first-order valence-electron chi connectivity index (χ1n) is 6.39. The largest absolute Gasteiger partial charge is 0.370 e. The van der Waals surface area contributed by atoms with Crippen LogP contribution in [0, 0.1) is 5.41 Å². The zero-order chi connectivity index (χ0) is 14.6. The van der Waals surface area contributed by atoms with E-state index >= 15 is 0 Å². The molecule has 0 saturated carbocycles. The number of carbonyl (C=O) groups is 2. The van der Waals surface area contributed by atoms with Gasteiger partial charge in [-0.15, -0.1) is 13.2 Å². The summed E-state index contributed by atoms with van der Waals surface area (Å²) in [5.74, 6) is -1.18. The summed E-state index contributed by atoms with van der Waals surface area (Å²) in [4.78, 5) is 32.9. The number of fused-ring (bicyclic) bond motifs is 2. The van der Waals surface area contributed by atoms with Gasteiger partial charge in [-0.2, -0.15) is 0 Å². The summed E-state index contributed by atoms with van der Waals surface area (Å²) in [6.45, 7) is 7.18. The Balaban J connectivity index is 2.02. The first-order valence-corrected chi connectivity index (χ1v) is 6.39. The van der Waals surface area contributed by atoms with Crippen LogP contribution in [-0.4, -0.2) is 11.9 Å². The van der Waals surface area contributed by atoms with Crippen molar-refractivity contribution in [2.45, 2.75) is 19.3 Å². The molecular weight excluding hydrogens is 256 g/mol. The van der Waals surface area contributed by atoms with Crippen molar-refractivity contribution in [1.29, 1.82) is 0 Å². The van der Waals surface area contributed by atoms with Crippen LogP contribution in [0.4, 0.5) is 0 Å². The molecule has 0 aromatic carbocycles. The lowest BCUT2D eigenvalue weighted by atomic mass is 9.78. The van der Waals surface area contributed by atoms with E-state index in [-0.39, 0.29) is 6.42 Å². The second-order valence-corrected chi connectivity index (χ2v) is 4.63. The Morgan fingerprint density at radius 3 is 2.25 bits per heavy atom. The second-order valence-electron chi connectivity index (χ2n) is 4.63. The van der Waals surface area contributed by atoms with Gasteiger partial charge in [-0.3, -0.25) is 0 Å². The molecule has 0 saturated heterocycles. The standard InChI is InChI=1S/C16H16O4/c1-3-5-6-14(17)19-20-15(18)16(11-4-2)12-7-8-13(16)10-9-12/h3-4,7-10H,1-2,5-6,11H2. The van der Waals surface area contributed by atoms with Gasteiger partial charge < -0.3 is 0 Å². The van der Waals surface area contributed by atoms with E-state index in [9.17, 15) is 9.59 Å². The molecule has 0 heterocycles. The molecule has 0 atom stereocenters.